The predicted molar refractivity (Wildman–Crippen MR) is 110 cm³/mol. The van der Waals surface area contributed by atoms with Crippen LogP contribution in [0.2, 0.25) is 0 Å². The molecule has 0 bridgehead atoms. The Balaban J connectivity index is 1.51. The summed E-state index contributed by atoms with van der Waals surface area (Å²) in [5, 5.41) is 13.7. The molecule has 0 unspecified atom stereocenters. The summed E-state index contributed by atoms with van der Waals surface area (Å²) in [5.41, 5.74) is 3.22. The molecule has 142 valence electrons. The van der Waals surface area contributed by atoms with Crippen LogP contribution in [0.1, 0.15) is 24.8 Å². The van der Waals surface area contributed by atoms with E-state index in [-0.39, 0.29) is 0 Å². The van der Waals surface area contributed by atoms with Crippen molar-refractivity contribution < 1.29 is 4.52 Å². The van der Waals surface area contributed by atoms with Gasteiger partial charge < -0.3 is 9.09 Å². The average Bonchev–Trinajstić information content (AvgIpc) is 3.35. The van der Waals surface area contributed by atoms with E-state index < -0.39 is 0 Å². The molecule has 0 aliphatic rings. The fraction of sp³-hybridized carbons (Fsp3) is 0.238. The molecule has 4 aromatic rings. The lowest BCUT2D eigenvalue weighted by Crippen LogP contribution is -2.02. The number of nitrogens with zero attached hydrogens (tertiary/aromatic N) is 5. The largest absolute Gasteiger partial charge is 0.338 e. The fourth-order valence-corrected chi connectivity index (χ4v) is 3.68. The molecule has 6 nitrogen and oxygen atoms in total. The van der Waals surface area contributed by atoms with Crippen LogP contribution in [0.25, 0.3) is 22.8 Å². The highest BCUT2D eigenvalue weighted by Crippen LogP contribution is 2.27. The summed E-state index contributed by atoms with van der Waals surface area (Å²) in [6.45, 7) is 5.06. The average molecular weight is 392 g/mol. The van der Waals surface area contributed by atoms with Gasteiger partial charge in [-0.05, 0) is 13.3 Å². The van der Waals surface area contributed by atoms with Gasteiger partial charge in [0.25, 0.3) is 0 Å². The quantitative estimate of drug-likeness (QED) is 0.413. The highest BCUT2D eigenvalue weighted by atomic mass is 32.2. The lowest BCUT2D eigenvalue weighted by molar-refractivity contribution is 0.391. The van der Waals surface area contributed by atoms with E-state index >= 15 is 0 Å². The molecule has 0 fully saturated rings. The van der Waals surface area contributed by atoms with Crippen LogP contribution in [-0.2, 0) is 12.3 Å². The number of thioether (sulfide) groups is 1. The van der Waals surface area contributed by atoms with Crippen molar-refractivity contribution in [2.75, 3.05) is 0 Å². The summed E-state index contributed by atoms with van der Waals surface area (Å²) in [6.07, 6.45) is 1.00. The van der Waals surface area contributed by atoms with Crippen LogP contribution < -0.4 is 0 Å². The van der Waals surface area contributed by atoms with Crippen molar-refractivity contribution in [3.8, 4) is 22.8 Å². The first-order chi connectivity index (χ1) is 13.7. The van der Waals surface area contributed by atoms with Crippen LogP contribution in [0.4, 0.5) is 0 Å². The van der Waals surface area contributed by atoms with Crippen molar-refractivity contribution in [3.05, 3.63) is 66.1 Å². The van der Waals surface area contributed by atoms with Crippen LogP contribution >= 0.6 is 11.8 Å². The zero-order valence-electron chi connectivity index (χ0n) is 15.9. The Morgan fingerprint density at radius 1 is 0.964 bits per heavy atom. The van der Waals surface area contributed by atoms with Crippen molar-refractivity contribution >= 4 is 11.8 Å². The summed E-state index contributed by atoms with van der Waals surface area (Å²) in [7, 11) is 0. The Morgan fingerprint density at radius 3 is 2.50 bits per heavy atom. The lowest BCUT2D eigenvalue weighted by Gasteiger charge is -2.08. The van der Waals surface area contributed by atoms with Gasteiger partial charge in [0.05, 0.1) is 5.75 Å². The molecule has 0 amide bonds. The molecule has 0 atom stereocenters. The predicted octanol–water partition coefficient (Wildman–Crippen LogP) is 5.01. The van der Waals surface area contributed by atoms with E-state index in [1.807, 2.05) is 42.5 Å². The van der Waals surface area contributed by atoms with Gasteiger partial charge >= 0.3 is 0 Å². The number of aryl methyl sites for hydroxylation is 1. The Hall–Kier alpha value is -2.93. The number of hydrogen-bond donors (Lipinski definition) is 0. The van der Waals surface area contributed by atoms with E-state index in [0.717, 1.165) is 35.1 Å². The molecular weight excluding hydrogens is 370 g/mol. The van der Waals surface area contributed by atoms with Crippen molar-refractivity contribution in [3.63, 3.8) is 0 Å². The molecule has 4 rings (SSSR count). The standard InChI is InChI=1S/C21H21N5OS/c1-3-13-26-20(17-7-5-4-6-8-17)23-24-21(26)28-14-18-22-19(25-27-18)16-11-9-15(2)10-12-16/h4-12H,3,13-14H2,1-2H3. The van der Waals surface area contributed by atoms with Gasteiger partial charge in [0, 0.05) is 17.7 Å². The second kappa shape index (κ2) is 8.39. The smallest absolute Gasteiger partial charge is 0.237 e. The molecular formula is C21H21N5OS. The van der Waals surface area contributed by atoms with E-state index in [2.05, 4.69) is 50.9 Å². The van der Waals surface area contributed by atoms with Crippen molar-refractivity contribution in [2.45, 2.75) is 37.7 Å². The molecule has 0 saturated carbocycles. The minimum atomic E-state index is 0.551. The van der Waals surface area contributed by atoms with Gasteiger partial charge in [0.15, 0.2) is 11.0 Å². The Kier molecular flexibility index (Phi) is 5.53. The second-order valence-electron chi connectivity index (χ2n) is 6.49. The van der Waals surface area contributed by atoms with Gasteiger partial charge in [-0.2, -0.15) is 4.98 Å². The zero-order valence-corrected chi connectivity index (χ0v) is 16.7. The third-order valence-electron chi connectivity index (χ3n) is 4.30. The number of hydrogen-bond acceptors (Lipinski definition) is 6. The first-order valence-electron chi connectivity index (χ1n) is 9.25. The Labute approximate surface area is 168 Å². The summed E-state index contributed by atoms with van der Waals surface area (Å²) >= 11 is 1.56. The molecule has 0 aliphatic heterocycles. The van der Waals surface area contributed by atoms with Crippen LogP contribution in [0.3, 0.4) is 0 Å². The third-order valence-corrected chi connectivity index (χ3v) is 5.25. The maximum atomic E-state index is 5.42. The lowest BCUT2D eigenvalue weighted by atomic mass is 10.1. The molecule has 7 heteroatoms. The summed E-state index contributed by atoms with van der Waals surface area (Å²) in [5.74, 6) is 2.62. The van der Waals surface area contributed by atoms with E-state index in [9.17, 15) is 0 Å². The topological polar surface area (TPSA) is 69.6 Å². The summed E-state index contributed by atoms with van der Waals surface area (Å²) in [4.78, 5) is 4.51. The molecule has 0 aliphatic carbocycles. The normalized spacial score (nSPS) is 11.1. The van der Waals surface area contributed by atoms with Crippen LogP contribution in [0.15, 0.2) is 64.3 Å². The molecule has 2 heterocycles. The minimum absolute atomic E-state index is 0.551. The van der Waals surface area contributed by atoms with Crippen molar-refractivity contribution in [2.24, 2.45) is 0 Å². The Morgan fingerprint density at radius 2 is 1.75 bits per heavy atom. The maximum absolute atomic E-state index is 5.42. The summed E-state index contributed by atoms with van der Waals surface area (Å²) in [6, 6.07) is 18.2. The van der Waals surface area contributed by atoms with Gasteiger partial charge in [0.1, 0.15) is 0 Å². The molecule has 28 heavy (non-hydrogen) atoms. The van der Waals surface area contributed by atoms with E-state index in [4.69, 9.17) is 4.52 Å². The Bertz CT molecular complexity index is 1040. The van der Waals surface area contributed by atoms with Crippen molar-refractivity contribution in [1.82, 2.24) is 24.9 Å². The first kappa shape index (κ1) is 18.4. The van der Waals surface area contributed by atoms with Crippen LogP contribution in [0, 0.1) is 6.92 Å². The maximum Gasteiger partial charge on any atom is 0.237 e. The van der Waals surface area contributed by atoms with E-state index in [1.54, 1.807) is 11.8 Å². The fourth-order valence-electron chi connectivity index (χ4n) is 2.88. The van der Waals surface area contributed by atoms with Gasteiger partial charge in [-0.1, -0.05) is 84.0 Å². The number of aromatic nitrogens is 5. The van der Waals surface area contributed by atoms with Gasteiger partial charge in [-0.15, -0.1) is 10.2 Å². The van der Waals surface area contributed by atoms with Gasteiger partial charge in [-0.25, -0.2) is 0 Å². The van der Waals surface area contributed by atoms with Crippen molar-refractivity contribution in [1.29, 1.82) is 0 Å². The number of rotatable bonds is 7. The SMILES string of the molecule is CCCn1c(SCc2nc(-c3ccc(C)cc3)no2)nnc1-c1ccccc1. The van der Waals surface area contributed by atoms with Crippen LogP contribution in [0.5, 0.6) is 0 Å². The molecule has 2 aromatic carbocycles. The molecule has 0 radical (unpaired) electrons. The van der Waals surface area contributed by atoms with Crippen LogP contribution in [-0.4, -0.2) is 24.9 Å². The number of benzene rings is 2. The second-order valence-corrected chi connectivity index (χ2v) is 7.43. The van der Waals surface area contributed by atoms with E-state index in [0.29, 0.717) is 17.5 Å². The van der Waals surface area contributed by atoms with Gasteiger partial charge in [0.2, 0.25) is 11.7 Å². The molecule has 0 saturated heterocycles. The first-order valence-corrected chi connectivity index (χ1v) is 10.2. The minimum Gasteiger partial charge on any atom is -0.338 e. The monoisotopic (exact) mass is 391 g/mol. The highest BCUT2D eigenvalue weighted by Gasteiger charge is 2.16. The van der Waals surface area contributed by atoms with Gasteiger partial charge in [-0.3, -0.25) is 0 Å². The molecule has 2 aromatic heterocycles. The summed E-state index contributed by atoms with van der Waals surface area (Å²) < 4.78 is 7.57. The third kappa shape index (κ3) is 3.99. The zero-order chi connectivity index (χ0) is 19.3. The highest BCUT2D eigenvalue weighted by molar-refractivity contribution is 7.98. The molecule has 0 spiro atoms. The van der Waals surface area contributed by atoms with E-state index in [1.165, 1.54) is 5.56 Å². The molecule has 0 N–H and O–H groups in total.